The molecule has 0 aliphatic rings. The Hall–Kier alpha value is -1.74. The Labute approximate surface area is 105 Å². The summed E-state index contributed by atoms with van der Waals surface area (Å²) in [5, 5.41) is 3.20. The lowest BCUT2D eigenvalue weighted by atomic mass is 10.2. The van der Waals surface area contributed by atoms with E-state index in [1.165, 1.54) is 0 Å². The van der Waals surface area contributed by atoms with Gasteiger partial charge in [0.1, 0.15) is 0 Å². The minimum absolute atomic E-state index is 0.495. The molecule has 3 nitrogen and oxygen atoms in total. The molecule has 2 aromatic rings. The van der Waals surface area contributed by atoms with Crippen molar-refractivity contribution in [2.45, 2.75) is 5.88 Å². The van der Waals surface area contributed by atoms with Gasteiger partial charge in [-0.15, -0.1) is 11.6 Å². The highest BCUT2D eigenvalue weighted by Gasteiger charge is 2.03. The van der Waals surface area contributed by atoms with Crippen LogP contribution >= 0.6 is 11.6 Å². The molecule has 88 valence electrons. The van der Waals surface area contributed by atoms with Crippen molar-refractivity contribution in [1.29, 1.82) is 0 Å². The van der Waals surface area contributed by atoms with Gasteiger partial charge in [0.05, 0.1) is 7.11 Å². The van der Waals surface area contributed by atoms with Gasteiger partial charge < -0.3 is 10.1 Å². The zero-order chi connectivity index (χ0) is 12.1. The molecular formula is C13H13ClN2O. The second-order valence-electron chi connectivity index (χ2n) is 3.51. The molecule has 0 aliphatic heterocycles. The van der Waals surface area contributed by atoms with Crippen LogP contribution in [0.3, 0.4) is 0 Å². The molecular weight excluding hydrogens is 236 g/mol. The fourth-order valence-corrected chi connectivity index (χ4v) is 1.68. The average Bonchev–Trinajstić information content (AvgIpc) is 2.39. The van der Waals surface area contributed by atoms with Crippen molar-refractivity contribution in [3.8, 4) is 5.75 Å². The molecule has 0 saturated heterocycles. The number of rotatable bonds is 4. The maximum Gasteiger partial charge on any atom is 0.173 e. The first-order valence-electron chi connectivity index (χ1n) is 5.24. The molecule has 17 heavy (non-hydrogen) atoms. The van der Waals surface area contributed by atoms with Crippen molar-refractivity contribution in [3.05, 3.63) is 48.2 Å². The van der Waals surface area contributed by atoms with Gasteiger partial charge in [0.25, 0.3) is 0 Å². The number of hydrogen-bond acceptors (Lipinski definition) is 3. The van der Waals surface area contributed by atoms with Gasteiger partial charge in [0.15, 0.2) is 11.6 Å². The van der Waals surface area contributed by atoms with E-state index in [2.05, 4.69) is 10.3 Å². The smallest absolute Gasteiger partial charge is 0.173 e. The summed E-state index contributed by atoms with van der Waals surface area (Å²) < 4.78 is 5.22. The number of anilines is 2. The molecule has 0 aliphatic carbocycles. The van der Waals surface area contributed by atoms with E-state index in [9.17, 15) is 0 Å². The Morgan fingerprint density at radius 3 is 2.94 bits per heavy atom. The molecule has 0 spiro atoms. The van der Waals surface area contributed by atoms with Crippen molar-refractivity contribution in [2.24, 2.45) is 0 Å². The molecule has 2 rings (SSSR count). The molecule has 1 aromatic heterocycles. The number of hydrogen-bond donors (Lipinski definition) is 1. The van der Waals surface area contributed by atoms with Crippen molar-refractivity contribution >= 4 is 23.1 Å². The van der Waals surface area contributed by atoms with Gasteiger partial charge >= 0.3 is 0 Å². The normalized spacial score (nSPS) is 10.0. The highest BCUT2D eigenvalue weighted by atomic mass is 35.5. The van der Waals surface area contributed by atoms with Crippen molar-refractivity contribution in [2.75, 3.05) is 12.4 Å². The molecule has 0 fully saturated rings. The fourth-order valence-electron chi connectivity index (χ4n) is 1.52. The highest BCUT2D eigenvalue weighted by molar-refractivity contribution is 6.17. The third kappa shape index (κ3) is 2.88. The van der Waals surface area contributed by atoms with E-state index in [1.807, 2.05) is 36.4 Å². The molecule has 0 atom stereocenters. The molecule has 0 amide bonds. The summed E-state index contributed by atoms with van der Waals surface area (Å²) in [4.78, 5) is 4.23. The lowest BCUT2D eigenvalue weighted by Crippen LogP contribution is -1.97. The highest BCUT2D eigenvalue weighted by Crippen LogP contribution is 2.24. The largest absolute Gasteiger partial charge is 0.493 e. The first-order chi connectivity index (χ1) is 8.33. The summed E-state index contributed by atoms with van der Waals surface area (Å²) in [6, 6.07) is 11.6. The van der Waals surface area contributed by atoms with Gasteiger partial charge in [-0.2, -0.15) is 0 Å². The van der Waals surface area contributed by atoms with Crippen LogP contribution in [-0.4, -0.2) is 12.1 Å². The maximum atomic E-state index is 5.79. The lowest BCUT2D eigenvalue weighted by molar-refractivity contribution is 0.415. The Balaban J connectivity index is 2.24. The van der Waals surface area contributed by atoms with E-state index in [-0.39, 0.29) is 0 Å². The Morgan fingerprint density at radius 2 is 2.18 bits per heavy atom. The maximum absolute atomic E-state index is 5.79. The van der Waals surface area contributed by atoms with Crippen LogP contribution in [0.1, 0.15) is 5.56 Å². The van der Waals surface area contributed by atoms with Crippen LogP contribution in [0, 0.1) is 0 Å². The second kappa shape index (κ2) is 5.55. The third-order valence-corrected chi connectivity index (χ3v) is 2.64. The second-order valence-corrected chi connectivity index (χ2v) is 3.78. The van der Waals surface area contributed by atoms with Gasteiger partial charge in [-0.05, 0) is 29.8 Å². The fraction of sp³-hybridized carbons (Fsp3) is 0.154. The molecule has 1 N–H and O–H groups in total. The zero-order valence-corrected chi connectivity index (χ0v) is 10.2. The van der Waals surface area contributed by atoms with Gasteiger partial charge in [-0.25, -0.2) is 4.98 Å². The third-order valence-electron chi connectivity index (χ3n) is 2.33. The SMILES string of the molecule is COc1cccnc1Nc1cccc(CCl)c1. The number of ether oxygens (including phenoxy) is 1. The van der Waals surface area contributed by atoms with E-state index >= 15 is 0 Å². The van der Waals surface area contributed by atoms with Crippen molar-refractivity contribution in [3.63, 3.8) is 0 Å². The van der Waals surface area contributed by atoms with Crippen molar-refractivity contribution in [1.82, 2.24) is 4.98 Å². The average molecular weight is 249 g/mol. The molecule has 0 bridgehead atoms. The number of methoxy groups -OCH3 is 1. The van der Waals surface area contributed by atoms with Crippen LogP contribution in [0.5, 0.6) is 5.75 Å². The molecule has 1 heterocycles. The topological polar surface area (TPSA) is 34.1 Å². The summed E-state index contributed by atoms with van der Waals surface area (Å²) in [7, 11) is 1.62. The van der Waals surface area contributed by atoms with E-state index < -0.39 is 0 Å². The minimum atomic E-state index is 0.495. The number of halogens is 1. The molecule has 1 aromatic carbocycles. The van der Waals surface area contributed by atoms with E-state index in [0.717, 1.165) is 11.3 Å². The summed E-state index contributed by atoms with van der Waals surface area (Å²) >= 11 is 5.79. The van der Waals surface area contributed by atoms with E-state index in [1.54, 1.807) is 13.3 Å². The van der Waals surface area contributed by atoms with Gasteiger partial charge in [0, 0.05) is 17.8 Å². The summed E-state index contributed by atoms with van der Waals surface area (Å²) in [6.45, 7) is 0. The van der Waals surface area contributed by atoms with Crippen LogP contribution in [0.15, 0.2) is 42.6 Å². The minimum Gasteiger partial charge on any atom is -0.493 e. The molecule has 0 saturated carbocycles. The lowest BCUT2D eigenvalue weighted by Gasteiger charge is -2.10. The zero-order valence-electron chi connectivity index (χ0n) is 9.48. The standard InChI is InChI=1S/C13H13ClN2O/c1-17-12-6-3-7-15-13(12)16-11-5-2-4-10(8-11)9-14/h2-8H,9H2,1H3,(H,15,16). The first kappa shape index (κ1) is 11.7. The van der Waals surface area contributed by atoms with E-state index in [4.69, 9.17) is 16.3 Å². The first-order valence-corrected chi connectivity index (χ1v) is 5.78. The van der Waals surface area contributed by atoms with Crippen LogP contribution in [0.2, 0.25) is 0 Å². The summed E-state index contributed by atoms with van der Waals surface area (Å²) in [5.74, 6) is 1.90. The number of nitrogens with zero attached hydrogens (tertiary/aromatic N) is 1. The predicted molar refractivity (Wildman–Crippen MR) is 70.1 cm³/mol. The molecule has 4 heteroatoms. The van der Waals surface area contributed by atoms with Crippen LogP contribution < -0.4 is 10.1 Å². The number of nitrogens with one attached hydrogen (secondary N) is 1. The quantitative estimate of drug-likeness (QED) is 0.840. The van der Waals surface area contributed by atoms with E-state index in [0.29, 0.717) is 17.4 Å². The van der Waals surface area contributed by atoms with Gasteiger partial charge in [-0.3, -0.25) is 0 Å². The van der Waals surface area contributed by atoms with Crippen LogP contribution in [0.4, 0.5) is 11.5 Å². The van der Waals surface area contributed by atoms with Crippen LogP contribution in [-0.2, 0) is 5.88 Å². The predicted octanol–water partition coefficient (Wildman–Crippen LogP) is 3.57. The Kier molecular flexibility index (Phi) is 3.83. The number of benzene rings is 1. The van der Waals surface area contributed by atoms with Gasteiger partial charge in [0.2, 0.25) is 0 Å². The number of pyridine rings is 1. The number of aromatic nitrogens is 1. The summed E-state index contributed by atoms with van der Waals surface area (Å²) in [5.41, 5.74) is 2.01. The Morgan fingerprint density at radius 1 is 1.29 bits per heavy atom. The Bertz CT molecular complexity index is 502. The van der Waals surface area contributed by atoms with Gasteiger partial charge in [-0.1, -0.05) is 12.1 Å². The molecule has 0 radical (unpaired) electrons. The molecule has 0 unspecified atom stereocenters. The number of alkyl halides is 1. The van der Waals surface area contributed by atoms with Crippen LogP contribution in [0.25, 0.3) is 0 Å². The van der Waals surface area contributed by atoms with Crippen molar-refractivity contribution < 1.29 is 4.74 Å². The summed E-state index contributed by atoms with van der Waals surface area (Å²) in [6.07, 6.45) is 1.72. The monoisotopic (exact) mass is 248 g/mol.